The lowest BCUT2D eigenvalue weighted by Gasteiger charge is -2.17. The Morgan fingerprint density at radius 1 is 1.06 bits per heavy atom. The van der Waals surface area contributed by atoms with Gasteiger partial charge in [0.2, 0.25) is 10.0 Å². The molecule has 0 spiro atoms. The summed E-state index contributed by atoms with van der Waals surface area (Å²) >= 11 is 0. The topological polar surface area (TPSA) is 72.2 Å². The van der Waals surface area contributed by atoms with Crippen LogP contribution in [0.5, 0.6) is 0 Å². The minimum Gasteiger partial charge on any atom is -0.330 e. The number of hydrogen-bond acceptors (Lipinski definition) is 3. The molecule has 0 rings (SSSR count). The fraction of sp³-hybridized carbons (Fsp3) is 1.00. The summed E-state index contributed by atoms with van der Waals surface area (Å²) in [5, 5.41) is 0. The molecule has 0 bridgehead atoms. The molecule has 0 aromatic heterocycles. The fourth-order valence-corrected chi connectivity index (χ4v) is 2.84. The first-order chi connectivity index (χ1) is 7.77. The molecule has 0 saturated heterocycles. The molecule has 0 aliphatic rings. The molecule has 0 amide bonds. The first kappa shape index (κ1) is 16.9. The summed E-state index contributed by atoms with van der Waals surface area (Å²) < 4.78 is 25.9. The second kappa shape index (κ2) is 8.06. The smallest absolute Gasteiger partial charge is 0.211 e. The lowest BCUT2D eigenvalue weighted by molar-refractivity contribution is 0.396. The Morgan fingerprint density at radius 3 is 2.18 bits per heavy atom. The van der Waals surface area contributed by atoms with Crippen LogP contribution in [0.3, 0.4) is 0 Å². The minimum atomic E-state index is -3.08. The van der Waals surface area contributed by atoms with Gasteiger partial charge in [-0.2, -0.15) is 0 Å². The van der Waals surface area contributed by atoms with Crippen molar-refractivity contribution in [1.82, 2.24) is 4.72 Å². The van der Waals surface area contributed by atoms with Crippen LogP contribution in [0.1, 0.15) is 52.9 Å². The third-order valence-corrected chi connectivity index (χ3v) is 3.96. The van der Waals surface area contributed by atoms with Gasteiger partial charge in [-0.05, 0) is 31.2 Å². The molecule has 17 heavy (non-hydrogen) atoms. The van der Waals surface area contributed by atoms with Crippen LogP contribution in [-0.2, 0) is 10.0 Å². The van der Waals surface area contributed by atoms with E-state index in [-0.39, 0.29) is 11.2 Å². The number of sulfonamides is 1. The van der Waals surface area contributed by atoms with Crippen molar-refractivity contribution in [3.8, 4) is 0 Å². The van der Waals surface area contributed by atoms with Crippen molar-refractivity contribution in [1.29, 1.82) is 0 Å². The van der Waals surface area contributed by atoms with Crippen molar-refractivity contribution in [3.63, 3.8) is 0 Å². The summed E-state index contributed by atoms with van der Waals surface area (Å²) in [6.45, 7) is 7.42. The van der Waals surface area contributed by atoms with Crippen molar-refractivity contribution in [2.24, 2.45) is 11.1 Å². The maximum absolute atomic E-state index is 11.6. The van der Waals surface area contributed by atoms with E-state index in [0.29, 0.717) is 13.0 Å². The first-order valence-electron chi connectivity index (χ1n) is 6.44. The highest BCUT2D eigenvalue weighted by Crippen LogP contribution is 2.18. The van der Waals surface area contributed by atoms with Crippen molar-refractivity contribution in [3.05, 3.63) is 0 Å². The maximum atomic E-state index is 11.6. The zero-order valence-corrected chi connectivity index (χ0v) is 12.3. The molecule has 3 N–H and O–H groups in total. The molecule has 0 fully saturated rings. The Labute approximate surface area is 106 Å². The quantitative estimate of drug-likeness (QED) is 0.624. The summed E-state index contributed by atoms with van der Waals surface area (Å²) in [6, 6.07) is 0. The highest BCUT2D eigenvalue weighted by Gasteiger charge is 2.16. The van der Waals surface area contributed by atoms with E-state index in [1.54, 1.807) is 0 Å². The molecule has 0 heterocycles. The van der Waals surface area contributed by atoms with Crippen LogP contribution in [-0.4, -0.2) is 27.3 Å². The number of unbranched alkanes of at least 4 members (excludes halogenated alkanes) is 3. The third-order valence-electron chi connectivity index (χ3n) is 2.57. The van der Waals surface area contributed by atoms with Gasteiger partial charge in [0.25, 0.3) is 0 Å². The van der Waals surface area contributed by atoms with E-state index in [1.165, 1.54) is 0 Å². The molecule has 0 unspecified atom stereocenters. The van der Waals surface area contributed by atoms with Crippen molar-refractivity contribution >= 4 is 10.0 Å². The van der Waals surface area contributed by atoms with Crippen molar-refractivity contribution in [2.75, 3.05) is 18.8 Å². The SMILES string of the molecule is CC(C)(C)CCS(=O)(=O)NCCCCCCN. The van der Waals surface area contributed by atoms with E-state index in [4.69, 9.17) is 5.73 Å². The van der Waals surface area contributed by atoms with Gasteiger partial charge < -0.3 is 5.73 Å². The highest BCUT2D eigenvalue weighted by atomic mass is 32.2. The van der Waals surface area contributed by atoms with Crippen LogP contribution in [0.15, 0.2) is 0 Å². The molecular weight excluding hydrogens is 236 g/mol. The molecular formula is C12H28N2O2S. The Balaban J connectivity index is 3.65. The van der Waals surface area contributed by atoms with Gasteiger partial charge in [-0.3, -0.25) is 0 Å². The lowest BCUT2D eigenvalue weighted by atomic mass is 9.94. The molecule has 0 aromatic carbocycles. The average molecular weight is 264 g/mol. The molecule has 104 valence electrons. The van der Waals surface area contributed by atoms with E-state index < -0.39 is 10.0 Å². The summed E-state index contributed by atoms with van der Waals surface area (Å²) in [5.74, 6) is 0.222. The van der Waals surface area contributed by atoms with Gasteiger partial charge in [0, 0.05) is 6.54 Å². The Kier molecular flexibility index (Phi) is 8.00. The molecule has 0 atom stereocenters. The van der Waals surface area contributed by atoms with Gasteiger partial charge in [0.15, 0.2) is 0 Å². The maximum Gasteiger partial charge on any atom is 0.211 e. The van der Waals surface area contributed by atoms with Crippen LogP contribution < -0.4 is 10.5 Å². The monoisotopic (exact) mass is 264 g/mol. The second-order valence-electron chi connectivity index (χ2n) is 5.73. The van der Waals surface area contributed by atoms with Crippen molar-refractivity contribution in [2.45, 2.75) is 52.9 Å². The highest BCUT2D eigenvalue weighted by molar-refractivity contribution is 7.89. The van der Waals surface area contributed by atoms with Crippen LogP contribution in [0.4, 0.5) is 0 Å². The van der Waals surface area contributed by atoms with Crippen LogP contribution >= 0.6 is 0 Å². The molecule has 0 aromatic rings. The van der Waals surface area contributed by atoms with E-state index in [9.17, 15) is 8.42 Å². The van der Waals surface area contributed by atoms with Gasteiger partial charge in [0.1, 0.15) is 0 Å². The predicted octanol–water partition coefficient (Wildman–Crippen LogP) is 1.86. The van der Waals surface area contributed by atoms with Gasteiger partial charge in [0.05, 0.1) is 5.75 Å². The largest absolute Gasteiger partial charge is 0.330 e. The molecule has 0 aliphatic heterocycles. The summed E-state index contributed by atoms with van der Waals surface area (Å²) in [5.41, 5.74) is 5.45. The predicted molar refractivity (Wildman–Crippen MR) is 73.4 cm³/mol. The number of nitrogens with two attached hydrogens (primary N) is 1. The normalized spacial score (nSPS) is 12.9. The molecule has 0 aliphatic carbocycles. The standard InChI is InChI=1S/C12H28N2O2S/c1-12(2,3)8-11-17(15,16)14-10-7-5-4-6-9-13/h14H,4-11,13H2,1-3H3. The number of hydrogen-bond donors (Lipinski definition) is 2. The lowest BCUT2D eigenvalue weighted by Crippen LogP contribution is -2.29. The Hall–Kier alpha value is -0.130. The van der Waals surface area contributed by atoms with Gasteiger partial charge in [-0.1, -0.05) is 33.6 Å². The summed E-state index contributed by atoms with van der Waals surface area (Å²) in [7, 11) is -3.08. The van der Waals surface area contributed by atoms with Crippen LogP contribution in [0.2, 0.25) is 0 Å². The van der Waals surface area contributed by atoms with Crippen LogP contribution in [0.25, 0.3) is 0 Å². The van der Waals surface area contributed by atoms with E-state index in [2.05, 4.69) is 25.5 Å². The summed E-state index contributed by atoms with van der Waals surface area (Å²) in [4.78, 5) is 0. The van der Waals surface area contributed by atoms with E-state index >= 15 is 0 Å². The van der Waals surface area contributed by atoms with E-state index in [0.717, 1.165) is 32.2 Å². The second-order valence-corrected chi connectivity index (χ2v) is 7.65. The van der Waals surface area contributed by atoms with Gasteiger partial charge in [-0.15, -0.1) is 0 Å². The fourth-order valence-electron chi connectivity index (χ4n) is 1.36. The van der Waals surface area contributed by atoms with Crippen LogP contribution in [0, 0.1) is 5.41 Å². The Bertz CT molecular complexity index is 281. The third kappa shape index (κ3) is 12.1. The molecule has 5 heteroatoms. The van der Waals surface area contributed by atoms with Crippen molar-refractivity contribution < 1.29 is 8.42 Å². The Morgan fingerprint density at radius 2 is 1.65 bits per heavy atom. The molecule has 0 radical (unpaired) electrons. The minimum absolute atomic E-state index is 0.0654. The summed E-state index contributed by atoms with van der Waals surface area (Å²) in [6.07, 6.45) is 4.74. The zero-order valence-electron chi connectivity index (χ0n) is 11.5. The number of nitrogens with one attached hydrogen (secondary N) is 1. The molecule has 0 saturated carbocycles. The zero-order chi connectivity index (χ0) is 13.4. The number of rotatable bonds is 9. The van der Waals surface area contributed by atoms with Gasteiger partial charge in [-0.25, -0.2) is 13.1 Å². The molecule has 4 nitrogen and oxygen atoms in total. The average Bonchev–Trinajstić information content (AvgIpc) is 2.20. The van der Waals surface area contributed by atoms with Gasteiger partial charge >= 0.3 is 0 Å². The first-order valence-corrected chi connectivity index (χ1v) is 8.09. The van der Waals surface area contributed by atoms with E-state index in [1.807, 2.05) is 0 Å².